The summed E-state index contributed by atoms with van der Waals surface area (Å²) < 4.78 is 0. The summed E-state index contributed by atoms with van der Waals surface area (Å²) in [6.45, 7) is 3.51. The SMILES string of the molecule is Cc1cc(Nc2cc(N3CCC(O)CC3)nc(C=Cc3ccccc3)n2)n[nH]1. The van der Waals surface area contributed by atoms with Crippen LogP contribution in [0.2, 0.25) is 0 Å². The number of aromatic nitrogens is 4. The Kier molecular flexibility index (Phi) is 5.34. The van der Waals surface area contributed by atoms with Gasteiger partial charge < -0.3 is 15.3 Å². The van der Waals surface area contributed by atoms with Gasteiger partial charge in [0.15, 0.2) is 11.6 Å². The van der Waals surface area contributed by atoms with E-state index in [1.165, 1.54) is 0 Å². The highest BCUT2D eigenvalue weighted by Crippen LogP contribution is 2.23. The van der Waals surface area contributed by atoms with Gasteiger partial charge in [0.25, 0.3) is 0 Å². The van der Waals surface area contributed by atoms with E-state index in [2.05, 4.69) is 25.4 Å². The molecule has 3 N–H and O–H groups in total. The lowest BCUT2D eigenvalue weighted by Crippen LogP contribution is -2.36. The molecule has 4 rings (SSSR count). The molecule has 1 fully saturated rings. The highest BCUT2D eigenvalue weighted by Gasteiger charge is 2.19. The number of aryl methyl sites for hydroxylation is 1. The van der Waals surface area contributed by atoms with Gasteiger partial charge in [-0.05, 0) is 31.4 Å². The summed E-state index contributed by atoms with van der Waals surface area (Å²) in [4.78, 5) is 11.5. The van der Waals surface area contributed by atoms with Crippen LogP contribution in [0.25, 0.3) is 12.2 Å². The highest BCUT2D eigenvalue weighted by molar-refractivity contribution is 5.69. The monoisotopic (exact) mass is 376 g/mol. The minimum atomic E-state index is -0.222. The molecule has 0 spiro atoms. The van der Waals surface area contributed by atoms with Crippen LogP contribution in [0.5, 0.6) is 0 Å². The number of hydrogen-bond acceptors (Lipinski definition) is 6. The molecule has 1 aliphatic heterocycles. The van der Waals surface area contributed by atoms with Crippen molar-refractivity contribution in [2.45, 2.75) is 25.9 Å². The van der Waals surface area contributed by atoms with Crippen molar-refractivity contribution >= 4 is 29.6 Å². The predicted octanol–water partition coefficient (Wildman–Crippen LogP) is 3.38. The number of aliphatic hydroxyl groups is 1. The third-order valence-electron chi connectivity index (χ3n) is 4.70. The molecule has 0 unspecified atom stereocenters. The van der Waals surface area contributed by atoms with E-state index in [4.69, 9.17) is 4.98 Å². The number of anilines is 3. The Labute approximate surface area is 164 Å². The fourth-order valence-electron chi connectivity index (χ4n) is 3.20. The number of nitrogens with zero attached hydrogens (tertiary/aromatic N) is 4. The number of piperidine rings is 1. The van der Waals surface area contributed by atoms with Gasteiger partial charge in [0, 0.05) is 30.9 Å². The van der Waals surface area contributed by atoms with Crippen LogP contribution in [0.1, 0.15) is 29.9 Å². The van der Waals surface area contributed by atoms with E-state index in [1.807, 2.05) is 61.5 Å². The standard InChI is InChI=1S/C21H24N6O/c1-15-13-20(26-25-15)23-19-14-21(27-11-9-17(28)10-12-27)24-18(22-19)8-7-16-5-3-2-4-6-16/h2-8,13-14,17,28H,9-12H2,1H3,(H2,22,23,24,25,26). The molecular weight excluding hydrogens is 352 g/mol. The van der Waals surface area contributed by atoms with E-state index >= 15 is 0 Å². The maximum Gasteiger partial charge on any atom is 0.156 e. The molecule has 1 aromatic carbocycles. The van der Waals surface area contributed by atoms with Gasteiger partial charge in [-0.25, -0.2) is 9.97 Å². The molecule has 0 radical (unpaired) electrons. The third kappa shape index (κ3) is 4.55. The van der Waals surface area contributed by atoms with Crippen LogP contribution in [-0.2, 0) is 0 Å². The smallest absolute Gasteiger partial charge is 0.156 e. The second-order valence-electron chi connectivity index (χ2n) is 6.99. The Hall–Kier alpha value is -3.19. The van der Waals surface area contributed by atoms with Crippen molar-refractivity contribution in [1.29, 1.82) is 0 Å². The summed E-state index contributed by atoms with van der Waals surface area (Å²) in [6, 6.07) is 13.9. The number of hydrogen-bond donors (Lipinski definition) is 3. The van der Waals surface area contributed by atoms with Gasteiger partial charge in [-0.1, -0.05) is 36.4 Å². The number of benzene rings is 1. The zero-order chi connectivity index (χ0) is 19.3. The molecule has 1 saturated heterocycles. The minimum absolute atomic E-state index is 0.222. The van der Waals surface area contributed by atoms with E-state index in [1.54, 1.807) is 0 Å². The molecule has 0 amide bonds. The van der Waals surface area contributed by atoms with Crippen molar-refractivity contribution in [2.24, 2.45) is 0 Å². The van der Waals surface area contributed by atoms with Crippen LogP contribution in [0.3, 0.4) is 0 Å². The summed E-state index contributed by atoms with van der Waals surface area (Å²) in [5, 5.41) is 20.2. The summed E-state index contributed by atoms with van der Waals surface area (Å²) in [6.07, 6.45) is 5.20. The summed E-state index contributed by atoms with van der Waals surface area (Å²) >= 11 is 0. The van der Waals surface area contributed by atoms with E-state index < -0.39 is 0 Å². The lowest BCUT2D eigenvalue weighted by Gasteiger charge is -2.30. The Balaban J connectivity index is 1.62. The Morgan fingerprint density at radius 2 is 1.86 bits per heavy atom. The van der Waals surface area contributed by atoms with Crippen LogP contribution >= 0.6 is 0 Å². The Bertz CT molecular complexity index is 945. The average Bonchev–Trinajstić information content (AvgIpc) is 3.12. The van der Waals surface area contributed by atoms with Crippen molar-refractivity contribution in [3.63, 3.8) is 0 Å². The molecule has 28 heavy (non-hydrogen) atoms. The molecular formula is C21H24N6O. The second-order valence-corrected chi connectivity index (χ2v) is 6.99. The lowest BCUT2D eigenvalue weighted by atomic mass is 10.1. The number of rotatable bonds is 5. The fraction of sp³-hybridized carbons (Fsp3) is 0.286. The van der Waals surface area contributed by atoms with Crippen molar-refractivity contribution in [3.8, 4) is 0 Å². The molecule has 3 heterocycles. The third-order valence-corrected chi connectivity index (χ3v) is 4.70. The maximum absolute atomic E-state index is 9.80. The van der Waals surface area contributed by atoms with Gasteiger partial charge in [0.05, 0.1) is 6.10 Å². The normalized spacial score (nSPS) is 15.3. The first kappa shape index (κ1) is 18.2. The first-order valence-electron chi connectivity index (χ1n) is 9.50. The quantitative estimate of drug-likeness (QED) is 0.632. The van der Waals surface area contributed by atoms with E-state index in [9.17, 15) is 5.11 Å². The number of nitrogens with one attached hydrogen (secondary N) is 2. The van der Waals surface area contributed by atoms with E-state index in [0.29, 0.717) is 17.5 Å². The van der Waals surface area contributed by atoms with Gasteiger partial charge in [-0.2, -0.15) is 5.10 Å². The van der Waals surface area contributed by atoms with Gasteiger partial charge in [-0.15, -0.1) is 0 Å². The molecule has 1 aliphatic rings. The maximum atomic E-state index is 9.80. The van der Waals surface area contributed by atoms with Crippen molar-refractivity contribution in [3.05, 3.63) is 59.5 Å². The molecule has 0 bridgehead atoms. The number of H-pyrrole nitrogens is 1. The van der Waals surface area contributed by atoms with Crippen LogP contribution in [-0.4, -0.2) is 44.5 Å². The molecule has 3 aromatic rings. The molecule has 0 atom stereocenters. The van der Waals surface area contributed by atoms with Crippen molar-refractivity contribution in [1.82, 2.24) is 20.2 Å². The predicted molar refractivity (Wildman–Crippen MR) is 111 cm³/mol. The van der Waals surface area contributed by atoms with E-state index in [-0.39, 0.29) is 6.10 Å². The summed E-state index contributed by atoms with van der Waals surface area (Å²) in [5.41, 5.74) is 2.07. The molecule has 2 aromatic heterocycles. The topological polar surface area (TPSA) is 90.0 Å². The van der Waals surface area contributed by atoms with Gasteiger partial charge >= 0.3 is 0 Å². The molecule has 0 saturated carbocycles. The Morgan fingerprint density at radius 1 is 1.07 bits per heavy atom. The van der Waals surface area contributed by atoms with Crippen LogP contribution < -0.4 is 10.2 Å². The van der Waals surface area contributed by atoms with Gasteiger partial charge in [0.2, 0.25) is 0 Å². The Morgan fingerprint density at radius 3 is 2.57 bits per heavy atom. The van der Waals surface area contributed by atoms with Crippen molar-refractivity contribution < 1.29 is 5.11 Å². The van der Waals surface area contributed by atoms with E-state index in [0.717, 1.165) is 43.0 Å². The van der Waals surface area contributed by atoms with Crippen LogP contribution in [0.15, 0.2) is 42.5 Å². The van der Waals surface area contributed by atoms with Crippen LogP contribution in [0, 0.1) is 6.92 Å². The van der Waals surface area contributed by atoms with Gasteiger partial charge in [-0.3, -0.25) is 5.10 Å². The minimum Gasteiger partial charge on any atom is -0.393 e. The first-order valence-corrected chi connectivity index (χ1v) is 9.50. The number of aliphatic hydroxyl groups excluding tert-OH is 1. The highest BCUT2D eigenvalue weighted by atomic mass is 16.3. The zero-order valence-corrected chi connectivity index (χ0v) is 15.8. The summed E-state index contributed by atoms with van der Waals surface area (Å²) in [7, 11) is 0. The van der Waals surface area contributed by atoms with Crippen LogP contribution in [0.4, 0.5) is 17.5 Å². The lowest BCUT2D eigenvalue weighted by molar-refractivity contribution is 0.145. The fourth-order valence-corrected chi connectivity index (χ4v) is 3.20. The number of aromatic amines is 1. The first-order chi connectivity index (χ1) is 13.7. The largest absolute Gasteiger partial charge is 0.393 e. The average molecular weight is 376 g/mol. The van der Waals surface area contributed by atoms with Crippen molar-refractivity contribution in [2.75, 3.05) is 23.3 Å². The molecule has 0 aliphatic carbocycles. The second kappa shape index (κ2) is 8.22. The zero-order valence-electron chi connectivity index (χ0n) is 15.8. The summed E-state index contributed by atoms with van der Waals surface area (Å²) in [5.74, 6) is 2.89. The molecule has 7 heteroatoms. The van der Waals surface area contributed by atoms with Gasteiger partial charge in [0.1, 0.15) is 11.6 Å². The molecule has 144 valence electrons. The molecule has 7 nitrogen and oxygen atoms in total.